The van der Waals surface area contributed by atoms with Crippen LogP contribution in [0.25, 0.3) is 0 Å². The van der Waals surface area contributed by atoms with Crippen LogP contribution >= 0.6 is 0 Å². The Morgan fingerprint density at radius 1 is 1.24 bits per heavy atom. The fourth-order valence-corrected chi connectivity index (χ4v) is 2.74. The quantitative estimate of drug-likeness (QED) is 0.754. The van der Waals surface area contributed by atoms with Crippen molar-refractivity contribution in [3.05, 3.63) is 12.3 Å². The lowest BCUT2D eigenvalue weighted by atomic mass is 9.80. The summed E-state index contributed by atoms with van der Waals surface area (Å²) in [5.74, 6) is -0.0652. The molecule has 21 heavy (non-hydrogen) atoms. The minimum atomic E-state index is -3.69. The Labute approximate surface area is 125 Å². The maximum atomic E-state index is 11.9. The van der Waals surface area contributed by atoms with E-state index in [1.807, 2.05) is 27.7 Å². The van der Waals surface area contributed by atoms with E-state index in [-0.39, 0.29) is 10.7 Å². The van der Waals surface area contributed by atoms with Crippen molar-refractivity contribution in [3.8, 4) is 0 Å². The Balaban J connectivity index is 2.43. The van der Waals surface area contributed by atoms with E-state index in [0.29, 0.717) is 5.46 Å². The summed E-state index contributed by atoms with van der Waals surface area (Å²) in [6, 6.07) is 1.43. The topological polar surface area (TPSA) is 104 Å². The second kappa shape index (κ2) is 4.94. The molecule has 3 N–H and O–H groups in total. The molecule has 2 heterocycles. The van der Waals surface area contributed by atoms with Gasteiger partial charge in [0.2, 0.25) is 10.0 Å². The second-order valence-corrected chi connectivity index (χ2v) is 7.80. The standard InChI is InChI=1S/C12H20BN3O4S/c1-11(2)12(3,4)20-13(19-11)8-6-9(10(14)16-7-8)21(17,18)15-5/h6-7,15H,1-5H3,(H2,14,16). The van der Waals surface area contributed by atoms with Crippen LogP contribution in [0.5, 0.6) is 0 Å². The Morgan fingerprint density at radius 3 is 2.24 bits per heavy atom. The number of aromatic nitrogens is 1. The fourth-order valence-electron chi connectivity index (χ4n) is 1.90. The number of rotatable bonds is 3. The highest BCUT2D eigenvalue weighted by Gasteiger charge is 2.52. The minimum Gasteiger partial charge on any atom is -0.399 e. The molecule has 0 radical (unpaired) electrons. The molecule has 0 amide bonds. The van der Waals surface area contributed by atoms with Crippen molar-refractivity contribution in [2.45, 2.75) is 43.8 Å². The molecule has 1 aromatic rings. The number of sulfonamides is 1. The van der Waals surface area contributed by atoms with Crippen molar-refractivity contribution in [3.63, 3.8) is 0 Å². The number of hydrogen-bond donors (Lipinski definition) is 2. The number of nitrogens with zero attached hydrogens (tertiary/aromatic N) is 1. The van der Waals surface area contributed by atoms with Crippen LogP contribution in [0.2, 0.25) is 0 Å². The minimum absolute atomic E-state index is 0.0652. The number of hydrogen-bond acceptors (Lipinski definition) is 6. The van der Waals surface area contributed by atoms with E-state index < -0.39 is 28.3 Å². The van der Waals surface area contributed by atoms with Gasteiger partial charge in [-0.2, -0.15) is 0 Å². The molecule has 0 atom stereocenters. The molecule has 0 aliphatic carbocycles. The van der Waals surface area contributed by atoms with Crippen LogP contribution in [0.3, 0.4) is 0 Å². The van der Waals surface area contributed by atoms with Gasteiger partial charge in [0.1, 0.15) is 10.7 Å². The van der Waals surface area contributed by atoms with Crippen molar-refractivity contribution in [1.82, 2.24) is 9.71 Å². The monoisotopic (exact) mass is 313 g/mol. The van der Waals surface area contributed by atoms with Gasteiger partial charge in [-0.15, -0.1) is 0 Å². The zero-order chi connectivity index (χ0) is 16.1. The van der Waals surface area contributed by atoms with Gasteiger partial charge in [0.25, 0.3) is 0 Å². The molecule has 116 valence electrons. The van der Waals surface area contributed by atoms with Crippen LogP contribution in [0.4, 0.5) is 5.82 Å². The summed E-state index contributed by atoms with van der Waals surface area (Å²) in [4.78, 5) is 3.85. The van der Waals surface area contributed by atoms with E-state index in [2.05, 4.69) is 9.71 Å². The van der Waals surface area contributed by atoms with Crippen LogP contribution in [0.1, 0.15) is 27.7 Å². The first kappa shape index (κ1) is 16.2. The third-order valence-corrected chi connectivity index (χ3v) is 5.43. The Bertz CT molecular complexity index is 644. The zero-order valence-electron chi connectivity index (χ0n) is 12.8. The van der Waals surface area contributed by atoms with E-state index in [4.69, 9.17) is 15.0 Å². The van der Waals surface area contributed by atoms with Crippen molar-refractivity contribution in [2.75, 3.05) is 12.8 Å². The molecule has 1 aromatic heterocycles. The van der Waals surface area contributed by atoms with Crippen LogP contribution in [-0.2, 0) is 19.3 Å². The average molecular weight is 313 g/mol. The number of nitrogen functional groups attached to an aromatic ring is 1. The van der Waals surface area contributed by atoms with Crippen molar-refractivity contribution in [1.29, 1.82) is 0 Å². The molecular weight excluding hydrogens is 293 g/mol. The van der Waals surface area contributed by atoms with Gasteiger partial charge in [-0.1, -0.05) is 0 Å². The predicted molar refractivity (Wildman–Crippen MR) is 80.6 cm³/mol. The van der Waals surface area contributed by atoms with Crippen molar-refractivity contribution < 1.29 is 17.7 Å². The molecule has 7 nitrogen and oxygen atoms in total. The van der Waals surface area contributed by atoms with Gasteiger partial charge >= 0.3 is 7.12 Å². The summed E-state index contributed by atoms with van der Waals surface area (Å²) in [5.41, 5.74) is 5.13. The number of pyridine rings is 1. The van der Waals surface area contributed by atoms with E-state index in [9.17, 15) is 8.42 Å². The fraction of sp³-hybridized carbons (Fsp3) is 0.583. The Kier molecular flexibility index (Phi) is 3.82. The van der Waals surface area contributed by atoms with Crippen molar-refractivity contribution in [2.24, 2.45) is 0 Å². The average Bonchev–Trinajstić information content (AvgIpc) is 2.58. The number of anilines is 1. The molecule has 2 rings (SSSR count). The van der Waals surface area contributed by atoms with Crippen LogP contribution in [0, 0.1) is 0 Å². The highest BCUT2D eigenvalue weighted by Crippen LogP contribution is 2.36. The third-order valence-electron chi connectivity index (χ3n) is 3.99. The highest BCUT2D eigenvalue weighted by atomic mass is 32.2. The number of nitrogens with one attached hydrogen (secondary N) is 1. The maximum absolute atomic E-state index is 11.9. The lowest BCUT2D eigenvalue weighted by molar-refractivity contribution is 0.00578. The van der Waals surface area contributed by atoms with Crippen LogP contribution in [-0.4, -0.2) is 38.8 Å². The van der Waals surface area contributed by atoms with Gasteiger partial charge in [0.15, 0.2) is 0 Å². The van der Waals surface area contributed by atoms with Gasteiger partial charge in [-0.3, -0.25) is 0 Å². The summed E-state index contributed by atoms with van der Waals surface area (Å²) in [6.45, 7) is 7.68. The summed E-state index contributed by atoms with van der Waals surface area (Å²) in [5, 5.41) is 0. The first-order chi connectivity index (χ1) is 9.50. The molecule has 0 unspecified atom stereocenters. The summed E-state index contributed by atoms with van der Waals surface area (Å²) >= 11 is 0. The predicted octanol–water partition coefficient (Wildman–Crippen LogP) is -0.129. The maximum Gasteiger partial charge on any atom is 0.496 e. The Morgan fingerprint density at radius 2 is 1.76 bits per heavy atom. The molecule has 0 aromatic carbocycles. The molecule has 1 aliphatic heterocycles. The normalized spacial score (nSPS) is 20.7. The summed E-state index contributed by atoms with van der Waals surface area (Å²) in [6.07, 6.45) is 1.46. The van der Waals surface area contributed by atoms with Gasteiger partial charge in [-0.05, 0) is 40.8 Å². The SMILES string of the molecule is CNS(=O)(=O)c1cc(B2OC(C)(C)C(C)(C)O2)cnc1N. The molecule has 0 spiro atoms. The first-order valence-corrected chi connectivity index (χ1v) is 8.03. The molecule has 1 aliphatic rings. The molecule has 0 bridgehead atoms. The molecule has 1 saturated heterocycles. The lowest BCUT2D eigenvalue weighted by Gasteiger charge is -2.32. The summed E-state index contributed by atoms with van der Waals surface area (Å²) < 4.78 is 37.8. The molecule has 1 fully saturated rings. The van der Waals surface area contributed by atoms with E-state index >= 15 is 0 Å². The third kappa shape index (κ3) is 2.78. The highest BCUT2D eigenvalue weighted by molar-refractivity contribution is 7.89. The van der Waals surface area contributed by atoms with Gasteiger partial charge in [-0.25, -0.2) is 18.1 Å². The molecular formula is C12H20BN3O4S. The second-order valence-electron chi connectivity index (χ2n) is 5.95. The largest absolute Gasteiger partial charge is 0.496 e. The van der Waals surface area contributed by atoms with E-state index in [0.717, 1.165) is 0 Å². The first-order valence-electron chi connectivity index (χ1n) is 6.55. The van der Waals surface area contributed by atoms with Gasteiger partial charge in [0.05, 0.1) is 11.2 Å². The zero-order valence-corrected chi connectivity index (χ0v) is 13.6. The van der Waals surface area contributed by atoms with E-state index in [1.165, 1.54) is 19.3 Å². The van der Waals surface area contributed by atoms with Crippen LogP contribution < -0.4 is 15.9 Å². The Hall–Kier alpha value is -1.16. The molecule has 9 heteroatoms. The van der Waals surface area contributed by atoms with Crippen LogP contribution in [0.15, 0.2) is 17.2 Å². The van der Waals surface area contributed by atoms with Gasteiger partial charge in [0, 0.05) is 11.7 Å². The summed E-state index contributed by atoms with van der Waals surface area (Å²) in [7, 11) is -3.06. The van der Waals surface area contributed by atoms with Gasteiger partial charge < -0.3 is 15.0 Å². The number of nitrogens with two attached hydrogens (primary N) is 1. The molecule has 0 saturated carbocycles. The lowest BCUT2D eigenvalue weighted by Crippen LogP contribution is -2.41. The van der Waals surface area contributed by atoms with E-state index in [1.54, 1.807) is 0 Å². The smallest absolute Gasteiger partial charge is 0.399 e. The van der Waals surface area contributed by atoms with Crippen molar-refractivity contribution >= 4 is 28.4 Å².